The molecular weight excluding hydrogens is 429 g/mol. The molecule has 3 saturated carbocycles. The van der Waals surface area contributed by atoms with E-state index in [1.54, 1.807) is 6.08 Å². The third-order valence-corrected chi connectivity index (χ3v) is 9.93. The summed E-state index contributed by atoms with van der Waals surface area (Å²) in [5, 5.41) is 0. The minimum Gasteiger partial charge on any atom is -0.381 e. The summed E-state index contributed by atoms with van der Waals surface area (Å²) in [7, 11) is -5.55. The van der Waals surface area contributed by atoms with Crippen LogP contribution in [0.1, 0.15) is 88.5 Å². The van der Waals surface area contributed by atoms with Gasteiger partial charge in [0, 0.05) is 18.3 Å². The molecule has 0 aliphatic heterocycles. The Labute approximate surface area is 186 Å². The van der Waals surface area contributed by atoms with Crippen LogP contribution in [0.4, 0.5) is 13.2 Å². The number of fused-ring (bicyclic) bond motifs is 4. The van der Waals surface area contributed by atoms with Crippen molar-refractivity contribution in [1.29, 1.82) is 0 Å². The van der Waals surface area contributed by atoms with Crippen LogP contribution in [0.2, 0.25) is 0 Å². The largest absolute Gasteiger partial charge is 0.534 e. The van der Waals surface area contributed by atoms with Crippen LogP contribution in [0.3, 0.4) is 0 Å². The second-order valence-corrected chi connectivity index (χ2v) is 12.3. The molecule has 31 heavy (non-hydrogen) atoms. The predicted octanol–water partition coefficient (Wildman–Crippen LogP) is 6.87. The van der Waals surface area contributed by atoms with Crippen LogP contribution in [0.5, 0.6) is 0 Å². The van der Waals surface area contributed by atoms with E-state index in [1.807, 2.05) is 20.8 Å². The van der Waals surface area contributed by atoms with Crippen molar-refractivity contribution < 1.29 is 30.6 Å². The molecule has 0 aromatic heterocycles. The van der Waals surface area contributed by atoms with Crippen LogP contribution in [-0.4, -0.2) is 19.7 Å². The molecule has 4 nitrogen and oxygen atoms in total. The lowest BCUT2D eigenvalue weighted by molar-refractivity contribution is -0.122. The van der Waals surface area contributed by atoms with E-state index in [0.717, 1.165) is 19.3 Å². The number of ketones is 1. The molecule has 4 aliphatic carbocycles. The standard InChI is InChI=1S/C11H15F3O3S.C10H16O.2CH4/c1-9(2)7-4-5-10(9,3)6-8(7)17-18(15,16)11(12,13)14;1-9(2)7-4-5-10(9,3)6-8(7)11;;/h6-7H,4-5H2,1-3H3;7H,4-6H2,1-3H3;2*1H4. The van der Waals surface area contributed by atoms with E-state index in [-0.39, 0.29) is 42.8 Å². The Kier molecular flexibility index (Phi) is 7.01. The molecule has 4 unspecified atom stereocenters. The molecule has 0 aromatic rings. The molecule has 4 bridgehead atoms. The average molecular weight is 469 g/mol. The number of Topliss-reactive ketones (excluding diaryl/α,β-unsaturated/α-hetero) is 1. The minimum atomic E-state index is -5.55. The van der Waals surface area contributed by atoms with Gasteiger partial charge >= 0.3 is 15.6 Å². The molecule has 3 fully saturated rings. The van der Waals surface area contributed by atoms with Crippen LogP contribution in [-0.2, 0) is 19.1 Å². The van der Waals surface area contributed by atoms with Crippen molar-refractivity contribution >= 4 is 15.9 Å². The summed E-state index contributed by atoms with van der Waals surface area (Å²) in [6, 6.07) is 0. The van der Waals surface area contributed by atoms with E-state index in [9.17, 15) is 26.4 Å². The lowest BCUT2D eigenvalue weighted by Crippen LogP contribution is -2.29. The summed E-state index contributed by atoms with van der Waals surface area (Å²) in [6.07, 6.45) is 6.28. The maximum Gasteiger partial charge on any atom is 0.534 e. The van der Waals surface area contributed by atoms with Crippen molar-refractivity contribution in [3.05, 3.63) is 11.8 Å². The predicted molar refractivity (Wildman–Crippen MR) is 116 cm³/mol. The Balaban J connectivity index is 0.000000320. The zero-order chi connectivity index (χ0) is 22.3. The summed E-state index contributed by atoms with van der Waals surface area (Å²) < 4.78 is 63.2. The highest BCUT2D eigenvalue weighted by molar-refractivity contribution is 7.87. The average Bonchev–Trinajstić information content (AvgIpc) is 3.02. The third kappa shape index (κ3) is 3.95. The highest BCUT2D eigenvalue weighted by Gasteiger charge is 2.61. The lowest BCUT2D eigenvalue weighted by atomic mass is 9.70. The molecule has 4 aliphatic rings. The Morgan fingerprint density at radius 1 is 0.935 bits per heavy atom. The van der Waals surface area contributed by atoms with Crippen LogP contribution < -0.4 is 0 Å². The van der Waals surface area contributed by atoms with Crippen molar-refractivity contribution in [3.63, 3.8) is 0 Å². The number of hydrogen-bond acceptors (Lipinski definition) is 4. The van der Waals surface area contributed by atoms with E-state index in [2.05, 4.69) is 25.0 Å². The molecule has 8 heteroatoms. The minimum absolute atomic E-state index is 0. The quantitative estimate of drug-likeness (QED) is 0.328. The Morgan fingerprint density at radius 3 is 1.71 bits per heavy atom. The summed E-state index contributed by atoms with van der Waals surface area (Å²) >= 11 is 0. The van der Waals surface area contributed by atoms with E-state index < -0.39 is 15.6 Å². The van der Waals surface area contributed by atoms with Crippen molar-refractivity contribution in [1.82, 2.24) is 0 Å². The van der Waals surface area contributed by atoms with Gasteiger partial charge in [-0.15, -0.1) is 0 Å². The van der Waals surface area contributed by atoms with Gasteiger partial charge < -0.3 is 4.18 Å². The van der Waals surface area contributed by atoms with Gasteiger partial charge in [0.1, 0.15) is 11.5 Å². The van der Waals surface area contributed by atoms with Gasteiger partial charge in [-0.25, -0.2) is 0 Å². The summed E-state index contributed by atoms with van der Waals surface area (Å²) in [6.45, 7) is 12.6. The molecule has 0 radical (unpaired) electrons. The summed E-state index contributed by atoms with van der Waals surface area (Å²) in [5.74, 6) is 0.585. The van der Waals surface area contributed by atoms with Crippen LogP contribution in [0, 0.1) is 33.5 Å². The number of hydrogen-bond donors (Lipinski definition) is 0. The first kappa shape index (κ1) is 28.0. The van der Waals surface area contributed by atoms with E-state index in [4.69, 9.17) is 0 Å². The van der Waals surface area contributed by atoms with Gasteiger partial charge in [-0.3, -0.25) is 4.79 Å². The molecule has 0 amide bonds. The van der Waals surface area contributed by atoms with E-state index in [0.29, 0.717) is 23.5 Å². The van der Waals surface area contributed by atoms with Crippen LogP contribution >= 0.6 is 0 Å². The molecule has 4 rings (SSSR count). The maximum absolute atomic E-state index is 12.3. The van der Waals surface area contributed by atoms with E-state index in [1.165, 1.54) is 6.42 Å². The van der Waals surface area contributed by atoms with E-state index >= 15 is 0 Å². The SMILES string of the molecule is C.C.CC12C=C(OS(=O)(=O)C(F)(F)F)C(CC1)C2(C)C.CC12CCC(C(=O)C1)C2(C)C. The second kappa shape index (κ2) is 7.77. The highest BCUT2D eigenvalue weighted by Crippen LogP contribution is 2.65. The zero-order valence-corrected chi connectivity index (χ0v) is 18.8. The number of alkyl halides is 3. The highest BCUT2D eigenvalue weighted by atomic mass is 32.2. The fourth-order valence-electron chi connectivity index (χ4n) is 5.91. The lowest BCUT2D eigenvalue weighted by Gasteiger charge is -2.33. The van der Waals surface area contributed by atoms with Crippen LogP contribution in [0.25, 0.3) is 0 Å². The molecule has 0 saturated heterocycles. The van der Waals surface area contributed by atoms with Gasteiger partial charge in [-0.2, -0.15) is 21.6 Å². The molecule has 0 spiro atoms. The smallest absolute Gasteiger partial charge is 0.381 e. The monoisotopic (exact) mass is 468 g/mol. The van der Waals surface area contributed by atoms with Crippen molar-refractivity contribution in [3.8, 4) is 0 Å². The number of allylic oxidation sites excluding steroid dienone is 2. The molecular formula is C23H39F3O4S. The number of halogens is 3. The normalized spacial score (nSPS) is 36.7. The van der Waals surface area contributed by atoms with Crippen molar-refractivity contribution in [2.45, 2.75) is 94.0 Å². The molecule has 4 atom stereocenters. The van der Waals surface area contributed by atoms with Gasteiger partial charge in [-0.05, 0) is 53.4 Å². The zero-order valence-electron chi connectivity index (χ0n) is 17.9. The first-order chi connectivity index (χ1) is 12.9. The van der Waals surface area contributed by atoms with Gasteiger partial charge in [0.15, 0.2) is 0 Å². The summed E-state index contributed by atoms with van der Waals surface area (Å²) in [4.78, 5) is 11.5. The molecule has 0 heterocycles. The molecule has 182 valence electrons. The molecule has 0 N–H and O–H groups in total. The first-order valence-electron chi connectivity index (χ1n) is 10.1. The number of carbonyl (C=O) groups is 1. The summed E-state index contributed by atoms with van der Waals surface area (Å²) in [5.41, 5.74) is -5.34. The van der Waals surface area contributed by atoms with Gasteiger partial charge in [0.25, 0.3) is 0 Å². The van der Waals surface area contributed by atoms with Crippen molar-refractivity contribution in [2.24, 2.45) is 33.5 Å². The van der Waals surface area contributed by atoms with Gasteiger partial charge in [0.05, 0.1) is 0 Å². The fraction of sp³-hybridized carbons (Fsp3) is 0.870. The number of rotatable bonds is 2. The van der Waals surface area contributed by atoms with Gasteiger partial charge in [0.2, 0.25) is 0 Å². The van der Waals surface area contributed by atoms with Crippen molar-refractivity contribution in [2.75, 3.05) is 0 Å². The maximum atomic E-state index is 12.3. The Morgan fingerprint density at radius 2 is 1.45 bits per heavy atom. The number of carbonyl (C=O) groups excluding carboxylic acids is 1. The Hall–Kier alpha value is -1.05. The Bertz CT molecular complexity index is 854. The topological polar surface area (TPSA) is 60.4 Å². The third-order valence-electron chi connectivity index (χ3n) is 8.95. The fourth-order valence-corrected chi connectivity index (χ4v) is 6.42. The van der Waals surface area contributed by atoms with Gasteiger partial charge in [-0.1, -0.05) is 56.4 Å². The first-order valence-corrected chi connectivity index (χ1v) is 11.6. The second-order valence-electron chi connectivity index (χ2n) is 10.8. The van der Waals surface area contributed by atoms with Crippen LogP contribution in [0.15, 0.2) is 11.8 Å². The molecule has 0 aromatic carbocycles.